The number of rotatable bonds is 4. The third-order valence-corrected chi connectivity index (χ3v) is 6.69. The predicted octanol–water partition coefficient (Wildman–Crippen LogP) is 1.65. The lowest BCUT2D eigenvalue weighted by Gasteiger charge is -2.35. The molecule has 2 saturated heterocycles. The van der Waals surface area contributed by atoms with Crippen LogP contribution in [0.3, 0.4) is 0 Å². The fraction of sp³-hybridized carbons (Fsp3) is 0.500. The Balaban J connectivity index is 1.53. The number of carbonyl (C=O) groups excluding carboxylic acids is 4. The Morgan fingerprint density at radius 3 is 2.56 bits per heavy atom. The van der Waals surface area contributed by atoms with Gasteiger partial charge in [0.05, 0.1) is 12.0 Å². The van der Waals surface area contributed by atoms with Crippen molar-refractivity contribution in [2.75, 3.05) is 0 Å². The normalized spacial score (nSPS) is 28.5. The Kier molecular flexibility index (Phi) is 7.07. The first-order valence-electron chi connectivity index (χ1n) is 11.6. The standard InChI is InChI=1S/C24H26F3N3O6/c1-12-5-6-15-7-8-18(21(33)29-17-11-19(31)36-23(17)35)30(15)22(34)16(9-12)28-20(32)13-3-2-4-14(10-13)24(25,26)27/h2-5,10,15-18,23,35H,6-9,11H2,1H3,(H,28,32)(H,29,33)/t15-,16-,17?,18-,23?/m0/s1. The van der Waals surface area contributed by atoms with E-state index in [-0.39, 0.29) is 24.4 Å². The zero-order valence-electron chi connectivity index (χ0n) is 19.4. The molecule has 0 bridgehead atoms. The largest absolute Gasteiger partial charge is 0.434 e. The summed E-state index contributed by atoms with van der Waals surface area (Å²) in [6.45, 7) is 1.80. The maximum atomic E-state index is 13.6. The van der Waals surface area contributed by atoms with Crippen molar-refractivity contribution in [1.29, 1.82) is 0 Å². The van der Waals surface area contributed by atoms with Gasteiger partial charge in [0.25, 0.3) is 5.91 Å². The molecule has 0 aliphatic carbocycles. The van der Waals surface area contributed by atoms with E-state index in [9.17, 15) is 37.5 Å². The molecular formula is C24H26F3N3O6. The van der Waals surface area contributed by atoms with Crippen molar-refractivity contribution < 1.29 is 42.2 Å². The van der Waals surface area contributed by atoms with Crippen molar-refractivity contribution in [3.63, 3.8) is 0 Å². The van der Waals surface area contributed by atoms with Crippen LogP contribution >= 0.6 is 0 Å². The van der Waals surface area contributed by atoms with E-state index in [1.54, 1.807) is 6.92 Å². The zero-order valence-corrected chi connectivity index (χ0v) is 19.4. The first kappa shape index (κ1) is 25.7. The molecule has 12 heteroatoms. The highest BCUT2D eigenvalue weighted by Gasteiger charge is 2.45. The molecule has 0 aromatic heterocycles. The van der Waals surface area contributed by atoms with E-state index < -0.39 is 59.8 Å². The Labute approximate surface area is 204 Å². The van der Waals surface area contributed by atoms with Crippen LogP contribution in [0.15, 0.2) is 35.9 Å². The number of ether oxygens (including phenoxy) is 1. The highest BCUT2D eigenvalue weighted by molar-refractivity contribution is 5.99. The summed E-state index contributed by atoms with van der Waals surface area (Å²) in [5.41, 5.74) is -0.397. The quantitative estimate of drug-likeness (QED) is 0.419. The smallest absolute Gasteiger partial charge is 0.416 e. The zero-order chi connectivity index (χ0) is 26.2. The van der Waals surface area contributed by atoms with Crippen LogP contribution in [-0.2, 0) is 25.3 Å². The minimum atomic E-state index is -4.63. The van der Waals surface area contributed by atoms with Gasteiger partial charge in [-0.15, -0.1) is 0 Å². The fourth-order valence-electron chi connectivity index (χ4n) is 4.85. The molecule has 3 heterocycles. The SMILES string of the molecule is CC1=CC[C@H]2CC[C@@H](C(=O)NC3CC(=O)OC3O)N2C(=O)[C@@H](NC(=O)c2cccc(C(F)(F)F)c2)C1. The number of halogens is 3. The third kappa shape index (κ3) is 5.38. The van der Waals surface area contributed by atoms with Crippen LogP contribution < -0.4 is 10.6 Å². The number of hydrogen-bond acceptors (Lipinski definition) is 6. The number of alkyl halides is 3. The minimum Gasteiger partial charge on any atom is -0.434 e. The highest BCUT2D eigenvalue weighted by Crippen LogP contribution is 2.32. The molecule has 3 amide bonds. The molecule has 0 spiro atoms. The highest BCUT2D eigenvalue weighted by atomic mass is 19.4. The molecular weight excluding hydrogens is 483 g/mol. The first-order valence-corrected chi connectivity index (χ1v) is 11.6. The maximum absolute atomic E-state index is 13.6. The summed E-state index contributed by atoms with van der Waals surface area (Å²) in [4.78, 5) is 52.2. The lowest BCUT2D eigenvalue weighted by atomic mass is 9.98. The molecule has 36 heavy (non-hydrogen) atoms. The van der Waals surface area contributed by atoms with Crippen LogP contribution in [0.25, 0.3) is 0 Å². The molecule has 194 valence electrons. The number of fused-ring (bicyclic) bond motifs is 1. The number of esters is 1. The predicted molar refractivity (Wildman–Crippen MR) is 118 cm³/mol. The van der Waals surface area contributed by atoms with Crippen molar-refractivity contribution in [1.82, 2.24) is 15.5 Å². The van der Waals surface area contributed by atoms with Gasteiger partial charge in [-0.25, -0.2) is 0 Å². The van der Waals surface area contributed by atoms with Crippen LogP contribution in [-0.4, -0.2) is 64.2 Å². The third-order valence-electron chi connectivity index (χ3n) is 6.69. The Morgan fingerprint density at radius 1 is 1.14 bits per heavy atom. The van der Waals surface area contributed by atoms with Gasteiger partial charge in [0.15, 0.2) is 0 Å². The van der Waals surface area contributed by atoms with Gasteiger partial charge in [-0.3, -0.25) is 19.2 Å². The van der Waals surface area contributed by atoms with Crippen molar-refractivity contribution in [3.05, 3.63) is 47.0 Å². The fourth-order valence-corrected chi connectivity index (χ4v) is 4.85. The van der Waals surface area contributed by atoms with Crippen molar-refractivity contribution >= 4 is 23.7 Å². The van der Waals surface area contributed by atoms with E-state index in [1.165, 1.54) is 11.0 Å². The number of amides is 3. The summed E-state index contributed by atoms with van der Waals surface area (Å²) >= 11 is 0. The number of nitrogens with one attached hydrogen (secondary N) is 2. The van der Waals surface area contributed by atoms with Gasteiger partial charge in [-0.05, 0) is 50.8 Å². The number of hydrogen-bond donors (Lipinski definition) is 3. The molecule has 2 unspecified atom stereocenters. The second-order valence-corrected chi connectivity index (χ2v) is 9.29. The molecule has 1 aromatic carbocycles. The van der Waals surface area contributed by atoms with Crippen molar-refractivity contribution in [2.24, 2.45) is 0 Å². The maximum Gasteiger partial charge on any atom is 0.416 e. The summed E-state index contributed by atoms with van der Waals surface area (Å²) in [7, 11) is 0. The number of carbonyl (C=O) groups is 4. The molecule has 5 atom stereocenters. The van der Waals surface area contributed by atoms with E-state index in [2.05, 4.69) is 15.4 Å². The summed E-state index contributed by atoms with van der Waals surface area (Å²) in [6.07, 6.45) is -2.90. The number of nitrogens with zero attached hydrogens (tertiary/aromatic N) is 1. The van der Waals surface area contributed by atoms with E-state index in [4.69, 9.17) is 0 Å². The Hall–Kier alpha value is -3.41. The Morgan fingerprint density at radius 2 is 1.89 bits per heavy atom. The van der Waals surface area contributed by atoms with Crippen molar-refractivity contribution in [2.45, 2.75) is 75.7 Å². The van der Waals surface area contributed by atoms with Gasteiger partial charge in [0.2, 0.25) is 18.1 Å². The lowest BCUT2D eigenvalue weighted by molar-refractivity contribution is -0.155. The second kappa shape index (κ2) is 9.92. The van der Waals surface area contributed by atoms with Gasteiger partial charge in [0, 0.05) is 11.6 Å². The van der Waals surface area contributed by atoms with Gasteiger partial charge >= 0.3 is 12.1 Å². The van der Waals surface area contributed by atoms with Gasteiger partial charge in [0.1, 0.15) is 18.1 Å². The average molecular weight is 509 g/mol. The van der Waals surface area contributed by atoms with Crippen LogP contribution in [0, 0.1) is 0 Å². The van der Waals surface area contributed by atoms with Gasteiger partial charge < -0.3 is 25.4 Å². The van der Waals surface area contributed by atoms with Gasteiger partial charge in [-0.2, -0.15) is 13.2 Å². The molecule has 0 radical (unpaired) electrons. The molecule has 9 nitrogen and oxygen atoms in total. The second-order valence-electron chi connectivity index (χ2n) is 9.29. The molecule has 3 aliphatic heterocycles. The van der Waals surface area contributed by atoms with E-state index in [0.29, 0.717) is 19.3 Å². The minimum absolute atomic E-state index is 0.130. The topological polar surface area (TPSA) is 125 Å². The first-order chi connectivity index (χ1) is 16.9. The van der Waals surface area contributed by atoms with Crippen LogP contribution in [0.2, 0.25) is 0 Å². The Bertz CT molecular complexity index is 1100. The summed E-state index contributed by atoms with van der Waals surface area (Å²) in [6, 6.07) is 0.665. The summed E-state index contributed by atoms with van der Waals surface area (Å²) in [5.74, 6) is -2.58. The molecule has 4 rings (SSSR count). The van der Waals surface area contributed by atoms with E-state index in [1.807, 2.05) is 6.08 Å². The van der Waals surface area contributed by atoms with Crippen LogP contribution in [0.5, 0.6) is 0 Å². The molecule has 3 N–H and O–H groups in total. The lowest BCUT2D eigenvalue weighted by Crippen LogP contribution is -2.57. The monoisotopic (exact) mass is 509 g/mol. The number of cyclic esters (lactones) is 1. The molecule has 0 saturated carbocycles. The van der Waals surface area contributed by atoms with Crippen LogP contribution in [0.4, 0.5) is 13.2 Å². The number of benzene rings is 1. The molecule has 1 aromatic rings. The molecule has 2 fully saturated rings. The van der Waals surface area contributed by atoms with Gasteiger partial charge in [-0.1, -0.05) is 17.7 Å². The number of aliphatic hydroxyl groups is 1. The van der Waals surface area contributed by atoms with E-state index in [0.717, 1.165) is 23.8 Å². The van der Waals surface area contributed by atoms with E-state index >= 15 is 0 Å². The number of aliphatic hydroxyl groups excluding tert-OH is 1. The van der Waals surface area contributed by atoms with Crippen molar-refractivity contribution in [3.8, 4) is 0 Å². The summed E-state index contributed by atoms with van der Waals surface area (Å²) < 4.78 is 43.9. The average Bonchev–Trinajstić information content (AvgIpc) is 3.37. The van der Waals surface area contributed by atoms with Crippen LogP contribution in [0.1, 0.15) is 54.9 Å². The molecule has 3 aliphatic rings. The summed E-state index contributed by atoms with van der Waals surface area (Å²) in [5, 5.41) is 14.9.